The number of hydrogen-bond donors (Lipinski definition) is 1. The van der Waals surface area contributed by atoms with E-state index in [2.05, 4.69) is 64.0 Å². The van der Waals surface area contributed by atoms with Gasteiger partial charge in [0.25, 0.3) is 0 Å². The summed E-state index contributed by atoms with van der Waals surface area (Å²) in [4.78, 5) is 0. The van der Waals surface area contributed by atoms with Crippen LogP contribution in [-0.4, -0.2) is 16.7 Å². The summed E-state index contributed by atoms with van der Waals surface area (Å²) in [5.41, 5.74) is 4.34. The zero-order valence-corrected chi connectivity index (χ0v) is 11.8. The maximum Gasteiger partial charge on any atom is 0.205 e. The van der Waals surface area contributed by atoms with Gasteiger partial charge in [0.05, 0.1) is 0 Å². The molecule has 0 aliphatic carbocycles. The smallest absolute Gasteiger partial charge is 0.205 e. The van der Waals surface area contributed by atoms with Gasteiger partial charge in [-0.25, -0.2) is 0 Å². The number of rotatable bonds is 5. The molecule has 3 rings (SSSR count). The molecule has 3 nitrogen and oxygen atoms in total. The standard InChI is InChI=1S/C16H15N3S/c1-3-7-13(8-4-1)15(14-9-5-2-6-10-14)11-17-16-19-18-12-20-16/h1-10,12,15H,11H2,(H,17,19). The van der Waals surface area contributed by atoms with Gasteiger partial charge in [0.1, 0.15) is 5.51 Å². The first-order chi connectivity index (χ1) is 9.93. The zero-order valence-electron chi connectivity index (χ0n) is 10.9. The molecule has 0 radical (unpaired) electrons. The van der Waals surface area contributed by atoms with Gasteiger partial charge in [-0.05, 0) is 11.1 Å². The molecule has 3 aromatic rings. The Morgan fingerprint density at radius 2 is 1.50 bits per heavy atom. The van der Waals surface area contributed by atoms with E-state index in [0.29, 0.717) is 5.92 Å². The second-order valence-corrected chi connectivity index (χ2v) is 5.33. The Balaban J connectivity index is 1.84. The molecule has 0 saturated heterocycles. The molecule has 0 unspecified atom stereocenters. The van der Waals surface area contributed by atoms with E-state index in [-0.39, 0.29) is 0 Å². The van der Waals surface area contributed by atoms with Crippen LogP contribution in [0, 0.1) is 0 Å². The maximum absolute atomic E-state index is 4.03. The van der Waals surface area contributed by atoms with Crippen molar-refractivity contribution in [2.45, 2.75) is 5.92 Å². The van der Waals surface area contributed by atoms with Crippen LogP contribution in [0.4, 0.5) is 5.13 Å². The van der Waals surface area contributed by atoms with E-state index in [1.165, 1.54) is 22.5 Å². The van der Waals surface area contributed by atoms with Crippen LogP contribution in [0.1, 0.15) is 17.0 Å². The fourth-order valence-electron chi connectivity index (χ4n) is 2.24. The van der Waals surface area contributed by atoms with Gasteiger partial charge in [-0.2, -0.15) is 0 Å². The fraction of sp³-hybridized carbons (Fsp3) is 0.125. The largest absolute Gasteiger partial charge is 0.359 e. The molecule has 4 heteroatoms. The third-order valence-corrected chi connectivity index (χ3v) is 3.87. The SMILES string of the molecule is c1ccc(C(CNc2nncs2)c2ccccc2)cc1. The lowest BCUT2D eigenvalue weighted by Gasteiger charge is -2.18. The van der Waals surface area contributed by atoms with Gasteiger partial charge in [0, 0.05) is 12.5 Å². The Hall–Kier alpha value is -2.20. The number of aromatic nitrogens is 2. The lowest BCUT2D eigenvalue weighted by molar-refractivity contribution is 0.848. The number of nitrogens with zero attached hydrogens (tertiary/aromatic N) is 2. The summed E-state index contributed by atoms with van der Waals surface area (Å²) in [6.45, 7) is 0.809. The molecule has 0 fully saturated rings. The number of hydrogen-bond acceptors (Lipinski definition) is 4. The minimum atomic E-state index is 0.307. The minimum absolute atomic E-state index is 0.307. The van der Waals surface area contributed by atoms with Gasteiger partial charge in [-0.1, -0.05) is 72.0 Å². The van der Waals surface area contributed by atoms with Crippen LogP contribution >= 0.6 is 11.3 Å². The van der Waals surface area contributed by atoms with E-state index in [0.717, 1.165) is 11.7 Å². The molecule has 20 heavy (non-hydrogen) atoms. The van der Waals surface area contributed by atoms with Gasteiger partial charge in [-0.15, -0.1) is 10.2 Å². The third-order valence-electron chi connectivity index (χ3n) is 3.22. The summed E-state index contributed by atoms with van der Waals surface area (Å²) in [5, 5.41) is 12.1. The van der Waals surface area contributed by atoms with Crippen molar-refractivity contribution in [1.82, 2.24) is 10.2 Å². The molecule has 0 atom stereocenters. The maximum atomic E-state index is 4.03. The summed E-state index contributed by atoms with van der Waals surface area (Å²) in [6.07, 6.45) is 0. The molecule has 1 N–H and O–H groups in total. The van der Waals surface area contributed by atoms with E-state index in [1.807, 2.05) is 12.1 Å². The third kappa shape index (κ3) is 3.03. The summed E-state index contributed by atoms with van der Waals surface area (Å²) in [6, 6.07) is 21.1. The van der Waals surface area contributed by atoms with Gasteiger partial charge >= 0.3 is 0 Å². The molecular weight excluding hydrogens is 266 g/mol. The molecule has 0 amide bonds. The fourth-order valence-corrected chi connectivity index (χ4v) is 2.69. The second kappa shape index (κ2) is 6.30. The Kier molecular flexibility index (Phi) is 4.04. The summed E-state index contributed by atoms with van der Waals surface area (Å²) >= 11 is 1.52. The van der Waals surface area contributed by atoms with Crippen molar-refractivity contribution >= 4 is 16.5 Å². The minimum Gasteiger partial charge on any atom is -0.359 e. The van der Waals surface area contributed by atoms with Crippen molar-refractivity contribution in [3.8, 4) is 0 Å². The highest BCUT2D eigenvalue weighted by atomic mass is 32.1. The normalized spacial score (nSPS) is 10.7. The van der Waals surface area contributed by atoms with E-state index in [4.69, 9.17) is 0 Å². The molecule has 2 aromatic carbocycles. The second-order valence-electron chi connectivity index (χ2n) is 4.50. The van der Waals surface area contributed by atoms with Crippen molar-refractivity contribution < 1.29 is 0 Å². The lowest BCUT2D eigenvalue weighted by Crippen LogP contribution is -2.14. The van der Waals surface area contributed by atoms with E-state index < -0.39 is 0 Å². The predicted molar refractivity (Wildman–Crippen MR) is 83.1 cm³/mol. The number of anilines is 1. The molecular formula is C16H15N3S. The molecule has 0 aliphatic heterocycles. The van der Waals surface area contributed by atoms with Crippen LogP contribution in [0.5, 0.6) is 0 Å². The average Bonchev–Trinajstić information content (AvgIpc) is 3.03. The first kappa shape index (κ1) is 12.8. The topological polar surface area (TPSA) is 37.8 Å². The Morgan fingerprint density at radius 1 is 0.900 bits per heavy atom. The molecule has 0 aliphatic rings. The van der Waals surface area contributed by atoms with E-state index in [1.54, 1.807) is 5.51 Å². The quantitative estimate of drug-likeness (QED) is 0.773. The summed E-state index contributed by atoms with van der Waals surface area (Å²) in [7, 11) is 0. The van der Waals surface area contributed by atoms with Crippen molar-refractivity contribution in [3.63, 3.8) is 0 Å². The molecule has 1 heterocycles. The van der Waals surface area contributed by atoms with Crippen molar-refractivity contribution in [2.75, 3.05) is 11.9 Å². The van der Waals surface area contributed by atoms with E-state index >= 15 is 0 Å². The molecule has 0 bridgehead atoms. The molecule has 100 valence electrons. The van der Waals surface area contributed by atoms with Crippen molar-refractivity contribution in [3.05, 3.63) is 77.3 Å². The van der Waals surface area contributed by atoms with Gasteiger partial charge in [0.2, 0.25) is 5.13 Å². The van der Waals surface area contributed by atoms with Gasteiger partial charge in [-0.3, -0.25) is 0 Å². The summed E-state index contributed by atoms with van der Waals surface area (Å²) in [5.74, 6) is 0.307. The zero-order chi connectivity index (χ0) is 13.6. The number of nitrogens with one attached hydrogen (secondary N) is 1. The molecule has 0 spiro atoms. The van der Waals surface area contributed by atoms with Crippen LogP contribution in [0.15, 0.2) is 66.2 Å². The first-order valence-electron chi connectivity index (χ1n) is 6.53. The van der Waals surface area contributed by atoms with E-state index in [9.17, 15) is 0 Å². The van der Waals surface area contributed by atoms with Crippen LogP contribution in [0.3, 0.4) is 0 Å². The van der Waals surface area contributed by atoms with Crippen LogP contribution in [0.2, 0.25) is 0 Å². The highest BCUT2D eigenvalue weighted by Crippen LogP contribution is 2.25. The summed E-state index contributed by atoms with van der Waals surface area (Å²) < 4.78 is 0. The van der Waals surface area contributed by atoms with Crippen LogP contribution in [0.25, 0.3) is 0 Å². The van der Waals surface area contributed by atoms with Crippen molar-refractivity contribution in [2.24, 2.45) is 0 Å². The van der Waals surface area contributed by atoms with Crippen molar-refractivity contribution in [1.29, 1.82) is 0 Å². The lowest BCUT2D eigenvalue weighted by atomic mass is 9.91. The van der Waals surface area contributed by atoms with Gasteiger partial charge in [0.15, 0.2) is 0 Å². The highest BCUT2D eigenvalue weighted by molar-refractivity contribution is 7.13. The number of benzene rings is 2. The Bertz CT molecular complexity index is 584. The monoisotopic (exact) mass is 281 g/mol. The predicted octanol–water partition coefficient (Wildman–Crippen LogP) is 3.78. The van der Waals surface area contributed by atoms with Crippen LogP contribution in [-0.2, 0) is 0 Å². The van der Waals surface area contributed by atoms with Gasteiger partial charge < -0.3 is 5.32 Å². The van der Waals surface area contributed by atoms with Crippen LogP contribution < -0.4 is 5.32 Å². The molecule has 0 saturated carbocycles. The highest BCUT2D eigenvalue weighted by Gasteiger charge is 2.14. The Morgan fingerprint density at radius 3 is 2.00 bits per heavy atom. The average molecular weight is 281 g/mol. The first-order valence-corrected chi connectivity index (χ1v) is 7.41. The molecule has 1 aromatic heterocycles. The Labute approximate surface area is 122 Å².